The molecule has 0 aromatic rings. The van der Waals surface area contributed by atoms with E-state index in [2.05, 4.69) is 31.5 Å². The Hall–Kier alpha value is -0.673. The molecule has 2 aliphatic rings. The van der Waals surface area contributed by atoms with E-state index in [0.717, 1.165) is 0 Å². The first kappa shape index (κ1) is 7.00. The van der Waals surface area contributed by atoms with Crippen LogP contribution in [0.15, 0.2) is 4.99 Å². The molecule has 2 atom stereocenters. The molecule has 0 aromatic heterocycles. The van der Waals surface area contributed by atoms with E-state index < -0.39 is 0 Å². The third-order valence-corrected chi connectivity index (χ3v) is 1.70. The quantitative estimate of drug-likeness (QED) is 0.289. The van der Waals surface area contributed by atoms with E-state index in [9.17, 15) is 0 Å². The van der Waals surface area contributed by atoms with Crippen LogP contribution < -0.4 is 21.8 Å². The lowest BCUT2D eigenvalue weighted by Gasteiger charge is -2.39. The molecule has 3 radical (unpaired) electrons. The summed E-state index contributed by atoms with van der Waals surface area (Å²) in [6, 6.07) is 0. The fourth-order valence-corrected chi connectivity index (χ4v) is 1.07. The Morgan fingerprint density at radius 1 is 1.73 bits per heavy atom. The molecule has 0 saturated carbocycles. The zero-order chi connectivity index (χ0) is 7.84. The van der Waals surface area contributed by atoms with Crippen LogP contribution >= 0.6 is 0 Å². The van der Waals surface area contributed by atoms with Gasteiger partial charge in [-0.2, -0.15) is 4.73 Å². The molecule has 1 fully saturated rings. The first-order valence-electron chi connectivity index (χ1n) is 3.04. The zero-order valence-electron chi connectivity index (χ0n) is 5.53. The van der Waals surface area contributed by atoms with Crippen LogP contribution in [0.4, 0.5) is 0 Å². The Bertz CT molecular complexity index is 196. The van der Waals surface area contributed by atoms with Crippen LogP contribution in [0.2, 0.25) is 0 Å². The van der Waals surface area contributed by atoms with E-state index in [4.69, 9.17) is 10.7 Å². The van der Waals surface area contributed by atoms with Gasteiger partial charge in [0.25, 0.3) is 0 Å². The number of nitrogens with one attached hydrogen (secondary N) is 3. The lowest BCUT2D eigenvalue weighted by atomic mass is 10.6. The highest BCUT2D eigenvalue weighted by atomic mass is 28.2. The molecular weight excluding hydrogens is 164 g/mol. The second kappa shape index (κ2) is 2.43. The van der Waals surface area contributed by atoms with Crippen LogP contribution in [-0.2, 0) is 4.94 Å². The lowest BCUT2D eigenvalue weighted by molar-refractivity contribution is -0.228. The van der Waals surface area contributed by atoms with Crippen LogP contribution in [0, 0.1) is 0 Å². The van der Waals surface area contributed by atoms with Crippen molar-refractivity contribution in [2.24, 2.45) is 10.7 Å². The van der Waals surface area contributed by atoms with E-state index in [1.807, 2.05) is 0 Å². The van der Waals surface area contributed by atoms with Crippen molar-refractivity contribution >= 4 is 16.4 Å². The molecule has 2 unspecified atom stereocenters. The average Bonchev–Trinajstić information content (AvgIpc) is 1.97. The first-order chi connectivity index (χ1) is 5.25. The maximum atomic E-state index is 5.44. The highest BCUT2D eigenvalue weighted by molar-refractivity contribution is 6.03. The number of fused-ring (bicyclic) bond motifs is 2. The smallest absolute Gasteiger partial charge is 0.193 e. The van der Waals surface area contributed by atoms with Gasteiger partial charge in [-0.15, -0.1) is 5.48 Å². The van der Waals surface area contributed by atoms with Gasteiger partial charge in [0.15, 0.2) is 28.9 Å². The van der Waals surface area contributed by atoms with Crippen molar-refractivity contribution in [1.82, 2.24) is 20.8 Å². The summed E-state index contributed by atoms with van der Waals surface area (Å²) in [4.78, 5) is 8.87. The number of hydroxylamine groups is 2. The van der Waals surface area contributed by atoms with Crippen molar-refractivity contribution in [3.05, 3.63) is 0 Å². The van der Waals surface area contributed by atoms with Gasteiger partial charge >= 0.3 is 0 Å². The van der Waals surface area contributed by atoms with Crippen molar-refractivity contribution in [1.29, 1.82) is 0 Å². The van der Waals surface area contributed by atoms with Crippen LogP contribution in [0.25, 0.3) is 0 Å². The van der Waals surface area contributed by atoms with Gasteiger partial charge in [0, 0.05) is 0 Å². The van der Waals surface area contributed by atoms with Gasteiger partial charge in [0.1, 0.15) is 0 Å². The van der Waals surface area contributed by atoms with Crippen molar-refractivity contribution in [2.75, 3.05) is 0 Å². The Morgan fingerprint density at radius 3 is 3.36 bits per heavy atom. The Kier molecular flexibility index (Phi) is 1.54. The summed E-state index contributed by atoms with van der Waals surface area (Å²) in [6.45, 7) is 0. The van der Waals surface area contributed by atoms with E-state index in [1.54, 1.807) is 0 Å². The van der Waals surface area contributed by atoms with Crippen molar-refractivity contribution in [2.45, 2.75) is 12.6 Å². The van der Waals surface area contributed by atoms with Gasteiger partial charge in [-0.3, -0.25) is 0 Å². The number of guanidine groups is 1. The second-order valence-electron chi connectivity index (χ2n) is 2.17. The molecule has 0 spiro atoms. The van der Waals surface area contributed by atoms with Gasteiger partial charge in [0.2, 0.25) is 0 Å². The fourth-order valence-electron chi connectivity index (χ4n) is 0.888. The summed E-state index contributed by atoms with van der Waals surface area (Å²) >= 11 is 0. The van der Waals surface area contributed by atoms with Crippen LogP contribution in [0.1, 0.15) is 0 Å². The number of rotatable bonds is 0. The molecule has 2 rings (SSSR count). The maximum Gasteiger partial charge on any atom is 0.193 e. The predicted octanol–water partition coefficient (Wildman–Crippen LogP) is -3.10. The molecule has 0 amide bonds. The maximum absolute atomic E-state index is 5.44. The molecule has 2 bridgehead atoms. The van der Waals surface area contributed by atoms with Crippen LogP contribution in [-0.4, -0.2) is 33.7 Å². The van der Waals surface area contributed by atoms with Gasteiger partial charge in [0.05, 0.1) is 0 Å². The first-order valence-corrected chi connectivity index (χ1v) is 3.49. The highest BCUT2D eigenvalue weighted by Crippen LogP contribution is 2.02. The topological polar surface area (TPSA) is 86.9 Å². The molecule has 0 aliphatic carbocycles. The number of hydrogen-bond acceptors (Lipinski definition) is 7. The minimum atomic E-state index is -0.292. The van der Waals surface area contributed by atoms with E-state index in [-0.39, 0.29) is 12.6 Å². The third kappa shape index (κ3) is 1.21. The number of aliphatic imine (C=N–C) groups is 1. The molecule has 59 valence electrons. The predicted molar refractivity (Wildman–Crippen MR) is 37.3 cm³/mol. The molecule has 2 aliphatic heterocycles. The second-order valence-corrected chi connectivity index (χ2v) is 2.61. The third-order valence-electron chi connectivity index (χ3n) is 1.36. The Labute approximate surface area is 66.4 Å². The largest absolute Gasteiger partial charge is 0.370 e. The van der Waals surface area contributed by atoms with E-state index in [1.165, 1.54) is 4.73 Å². The van der Waals surface area contributed by atoms with Crippen molar-refractivity contribution in [3.63, 3.8) is 0 Å². The minimum absolute atomic E-state index is 0.190. The Morgan fingerprint density at radius 2 is 2.55 bits per heavy atom. The number of nitrogens with zero attached hydrogens (tertiary/aromatic N) is 2. The molecule has 2 heterocycles. The molecule has 1 saturated heterocycles. The zero-order valence-corrected chi connectivity index (χ0v) is 6.53. The summed E-state index contributed by atoms with van der Waals surface area (Å²) in [5.41, 5.74) is 8.07. The summed E-state index contributed by atoms with van der Waals surface area (Å²) in [5, 5.41) is 5.80. The van der Waals surface area contributed by atoms with Gasteiger partial charge in [-0.05, 0) is 0 Å². The summed E-state index contributed by atoms with van der Waals surface area (Å²) in [7, 11) is 3.15. The van der Waals surface area contributed by atoms with Gasteiger partial charge in [-0.1, -0.05) is 0 Å². The van der Waals surface area contributed by atoms with E-state index in [0.29, 0.717) is 5.96 Å². The van der Waals surface area contributed by atoms with Crippen LogP contribution in [0.5, 0.6) is 0 Å². The summed E-state index contributed by atoms with van der Waals surface area (Å²) in [5.74, 6) is 0.373. The van der Waals surface area contributed by atoms with E-state index >= 15 is 0 Å². The monoisotopic (exact) mass is 171 g/mol. The molecule has 5 N–H and O–H groups in total. The number of nitrogens with two attached hydrogens (primary N) is 1. The highest BCUT2D eigenvalue weighted by Gasteiger charge is 2.29. The summed E-state index contributed by atoms with van der Waals surface area (Å²) < 4.78 is 1.34. The lowest BCUT2D eigenvalue weighted by Crippen LogP contribution is -2.70. The van der Waals surface area contributed by atoms with Gasteiger partial charge < -0.3 is 11.1 Å². The molecule has 11 heavy (non-hydrogen) atoms. The molecule has 8 heteroatoms. The fraction of sp³-hybridized carbons (Fsp3) is 0.667. The molecule has 7 nitrogen and oxygen atoms in total. The Balaban J connectivity index is 2.17. The average molecular weight is 171 g/mol. The normalized spacial score (nSPS) is 37.7. The summed E-state index contributed by atoms with van der Waals surface area (Å²) in [6.07, 6.45) is -0.482. The molecule has 0 aromatic carbocycles. The standard InChI is InChI=1S/C3H7N6OSi/c4-1-5-2-7-3(6-1)9(11)10-8-2/h2-3,7-8H,(H3,4,5,6). The molecular formula is C3H7N6OSi. The van der Waals surface area contributed by atoms with Gasteiger partial charge in [-0.25, -0.2) is 15.2 Å². The SMILES string of the molecule is NC1=NC2NC(NON2[Si])N1. The van der Waals surface area contributed by atoms with Crippen molar-refractivity contribution < 1.29 is 4.94 Å². The number of hydrogen-bond donors (Lipinski definition) is 4. The van der Waals surface area contributed by atoms with Crippen molar-refractivity contribution in [3.8, 4) is 0 Å². The van der Waals surface area contributed by atoms with Crippen LogP contribution in [0.3, 0.4) is 0 Å². The minimum Gasteiger partial charge on any atom is -0.370 e.